The minimum atomic E-state index is -0.237. The van der Waals surface area contributed by atoms with Crippen LogP contribution in [0.25, 0.3) is 0 Å². The summed E-state index contributed by atoms with van der Waals surface area (Å²) >= 11 is 0. The van der Waals surface area contributed by atoms with Crippen LogP contribution in [0, 0.1) is 0 Å². The van der Waals surface area contributed by atoms with Crippen LogP contribution in [0.5, 0.6) is 5.75 Å². The van der Waals surface area contributed by atoms with E-state index in [-0.39, 0.29) is 12.1 Å². The molecular formula is C14H28N4O2. The fourth-order valence-electron chi connectivity index (χ4n) is 2.21. The molecule has 0 radical (unpaired) electrons. The third-order valence-electron chi connectivity index (χ3n) is 3.32. The Morgan fingerprint density at radius 2 is 2.10 bits per heavy atom. The lowest BCUT2D eigenvalue weighted by Crippen LogP contribution is -2.32. The van der Waals surface area contributed by atoms with Gasteiger partial charge in [-0.05, 0) is 27.4 Å². The molecular weight excluding hydrogens is 256 g/mol. The van der Waals surface area contributed by atoms with Crippen LogP contribution < -0.4 is 10.5 Å². The molecule has 6 heteroatoms. The number of nitrogens with two attached hydrogens (primary N) is 1. The third kappa shape index (κ3) is 4.19. The van der Waals surface area contributed by atoms with Crippen molar-refractivity contribution in [2.24, 2.45) is 5.73 Å². The van der Waals surface area contributed by atoms with E-state index in [9.17, 15) is 0 Å². The summed E-state index contributed by atoms with van der Waals surface area (Å²) in [6, 6.07) is -0.237. The molecule has 116 valence electrons. The van der Waals surface area contributed by atoms with Gasteiger partial charge in [0.1, 0.15) is 0 Å². The van der Waals surface area contributed by atoms with Gasteiger partial charge >= 0.3 is 0 Å². The molecule has 0 aliphatic carbocycles. The van der Waals surface area contributed by atoms with Crippen molar-refractivity contribution in [1.82, 2.24) is 14.7 Å². The molecule has 1 aromatic heterocycles. The number of rotatable bonds is 9. The maximum absolute atomic E-state index is 6.38. The number of hydrogen-bond donors (Lipinski definition) is 1. The molecule has 20 heavy (non-hydrogen) atoms. The first-order chi connectivity index (χ1) is 9.54. The van der Waals surface area contributed by atoms with Crippen LogP contribution in [0.1, 0.15) is 32.0 Å². The van der Waals surface area contributed by atoms with E-state index in [4.69, 9.17) is 15.2 Å². The molecule has 0 fully saturated rings. The van der Waals surface area contributed by atoms with Crippen molar-refractivity contribution in [3.8, 4) is 5.75 Å². The van der Waals surface area contributed by atoms with Crippen molar-refractivity contribution in [3.63, 3.8) is 0 Å². The molecule has 2 N–H and O–H groups in total. The molecule has 1 heterocycles. The van der Waals surface area contributed by atoms with Crippen molar-refractivity contribution in [1.29, 1.82) is 0 Å². The van der Waals surface area contributed by atoms with Gasteiger partial charge in [0.25, 0.3) is 0 Å². The number of ether oxygens (including phenoxy) is 2. The highest BCUT2D eigenvalue weighted by Crippen LogP contribution is 2.28. The van der Waals surface area contributed by atoms with Crippen molar-refractivity contribution in [3.05, 3.63) is 11.9 Å². The molecule has 1 rings (SSSR count). The Hall–Kier alpha value is -1.11. The molecule has 2 unspecified atom stereocenters. The average molecular weight is 284 g/mol. The topological polar surface area (TPSA) is 65.5 Å². The normalized spacial score (nSPS) is 14.6. The number of likely N-dealkylation sites (N-methyl/N-ethyl adjacent to an activating group) is 1. The van der Waals surface area contributed by atoms with Gasteiger partial charge in [-0.15, -0.1) is 0 Å². The third-order valence-corrected chi connectivity index (χ3v) is 3.32. The Kier molecular flexibility index (Phi) is 6.98. The highest BCUT2D eigenvalue weighted by Gasteiger charge is 2.25. The van der Waals surface area contributed by atoms with Gasteiger partial charge in [-0.25, -0.2) is 0 Å². The molecule has 6 nitrogen and oxygen atoms in total. The number of nitrogens with zero attached hydrogens (tertiary/aromatic N) is 3. The lowest BCUT2D eigenvalue weighted by atomic mass is 10.1. The van der Waals surface area contributed by atoms with Crippen LogP contribution in [-0.2, 0) is 11.3 Å². The summed E-state index contributed by atoms with van der Waals surface area (Å²) in [7, 11) is 5.72. The van der Waals surface area contributed by atoms with Crippen molar-refractivity contribution < 1.29 is 9.47 Å². The van der Waals surface area contributed by atoms with Crippen molar-refractivity contribution >= 4 is 0 Å². The van der Waals surface area contributed by atoms with Crippen LogP contribution in [-0.4, -0.2) is 55.1 Å². The molecule has 0 bridgehead atoms. The predicted octanol–water partition coefficient (Wildman–Crippen LogP) is 1.27. The zero-order valence-electron chi connectivity index (χ0n) is 13.3. The summed E-state index contributed by atoms with van der Waals surface area (Å²) in [6.45, 7) is 6.39. The van der Waals surface area contributed by atoms with E-state index in [2.05, 4.69) is 16.9 Å². The zero-order valence-corrected chi connectivity index (χ0v) is 13.3. The fraction of sp³-hybridized carbons (Fsp3) is 0.786. The summed E-state index contributed by atoms with van der Waals surface area (Å²) in [4.78, 5) is 2.11. The van der Waals surface area contributed by atoms with Crippen molar-refractivity contribution in [2.75, 3.05) is 34.4 Å². The summed E-state index contributed by atoms with van der Waals surface area (Å²) < 4.78 is 13.0. The first-order valence-electron chi connectivity index (χ1n) is 7.16. The quantitative estimate of drug-likeness (QED) is 0.740. The lowest BCUT2D eigenvalue weighted by molar-refractivity contribution is 0.0386. The number of hydrogen-bond acceptors (Lipinski definition) is 5. The molecule has 0 aromatic carbocycles. The molecule has 0 aliphatic heterocycles. The minimum Gasteiger partial charge on any atom is -0.493 e. The Bertz CT molecular complexity index is 393. The van der Waals surface area contributed by atoms with Gasteiger partial charge in [-0.2, -0.15) is 5.10 Å². The first-order valence-corrected chi connectivity index (χ1v) is 7.16. The van der Waals surface area contributed by atoms with E-state index in [0.29, 0.717) is 6.61 Å². The Balaban J connectivity index is 2.96. The predicted molar refractivity (Wildman–Crippen MR) is 80.0 cm³/mol. The van der Waals surface area contributed by atoms with Gasteiger partial charge in [0.05, 0.1) is 37.7 Å². The molecule has 0 saturated heterocycles. The van der Waals surface area contributed by atoms with Crippen molar-refractivity contribution in [2.45, 2.75) is 39.0 Å². The van der Waals surface area contributed by atoms with E-state index in [0.717, 1.165) is 31.0 Å². The van der Waals surface area contributed by atoms with Gasteiger partial charge in [-0.3, -0.25) is 4.68 Å². The number of aromatic nitrogens is 2. The maximum atomic E-state index is 6.38. The van der Waals surface area contributed by atoms with Gasteiger partial charge in [0.2, 0.25) is 0 Å². The molecule has 0 aliphatic rings. The Labute approximate surface area is 121 Å². The standard InChI is InChI=1S/C14H28N4O2/c1-6-11(20-7-2)13(15)14-12(19-5)10-16-18(14)9-8-17(3)4/h10-11,13H,6-9,15H2,1-5H3. The monoisotopic (exact) mass is 284 g/mol. The Morgan fingerprint density at radius 3 is 2.60 bits per heavy atom. The second kappa shape index (κ2) is 8.24. The van der Waals surface area contributed by atoms with Crippen LogP contribution in [0.2, 0.25) is 0 Å². The summed E-state index contributed by atoms with van der Waals surface area (Å²) in [5.41, 5.74) is 7.30. The second-order valence-electron chi connectivity index (χ2n) is 5.05. The van der Waals surface area contributed by atoms with E-state index < -0.39 is 0 Å². The van der Waals surface area contributed by atoms with Gasteiger partial charge < -0.3 is 20.1 Å². The van der Waals surface area contributed by atoms with E-state index >= 15 is 0 Å². The van der Waals surface area contributed by atoms with Crippen LogP contribution in [0.4, 0.5) is 0 Å². The van der Waals surface area contributed by atoms with E-state index in [1.807, 2.05) is 25.7 Å². The zero-order chi connectivity index (χ0) is 15.1. The molecule has 0 amide bonds. The fourth-order valence-corrected chi connectivity index (χ4v) is 2.21. The molecule has 0 saturated carbocycles. The Morgan fingerprint density at radius 1 is 1.40 bits per heavy atom. The van der Waals surface area contributed by atoms with Gasteiger partial charge in [0.15, 0.2) is 5.75 Å². The first kappa shape index (κ1) is 16.9. The van der Waals surface area contributed by atoms with Crippen LogP contribution in [0.15, 0.2) is 6.20 Å². The lowest BCUT2D eigenvalue weighted by Gasteiger charge is -2.24. The largest absolute Gasteiger partial charge is 0.493 e. The maximum Gasteiger partial charge on any atom is 0.161 e. The van der Waals surface area contributed by atoms with Gasteiger partial charge in [0, 0.05) is 13.2 Å². The molecule has 1 aromatic rings. The van der Waals surface area contributed by atoms with Crippen LogP contribution in [0.3, 0.4) is 0 Å². The van der Waals surface area contributed by atoms with E-state index in [1.54, 1.807) is 13.3 Å². The van der Waals surface area contributed by atoms with Crippen LogP contribution >= 0.6 is 0 Å². The van der Waals surface area contributed by atoms with Gasteiger partial charge in [-0.1, -0.05) is 6.92 Å². The number of methoxy groups -OCH3 is 1. The SMILES string of the molecule is CCOC(CC)C(N)c1c(OC)cnn1CCN(C)C. The summed E-state index contributed by atoms with van der Waals surface area (Å²) in [6.07, 6.45) is 2.56. The smallest absolute Gasteiger partial charge is 0.161 e. The summed E-state index contributed by atoms with van der Waals surface area (Å²) in [5.74, 6) is 0.731. The van der Waals surface area contributed by atoms with E-state index in [1.165, 1.54) is 0 Å². The molecule has 2 atom stereocenters. The minimum absolute atomic E-state index is 0.0243. The highest BCUT2D eigenvalue weighted by atomic mass is 16.5. The second-order valence-corrected chi connectivity index (χ2v) is 5.05. The molecule has 0 spiro atoms. The summed E-state index contributed by atoms with van der Waals surface area (Å²) in [5, 5.41) is 4.39. The highest BCUT2D eigenvalue weighted by molar-refractivity contribution is 5.29. The average Bonchev–Trinajstić information content (AvgIpc) is 2.84.